The van der Waals surface area contributed by atoms with Gasteiger partial charge in [0.25, 0.3) is 0 Å². The monoisotopic (exact) mass is 442 g/mol. The topological polar surface area (TPSA) is 124 Å². The third-order valence-corrected chi connectivity index (χ3v) is 6.27. The van der Waals surface area contributed by atoms with Crippen LogP contribution in [-0.2, 0) is 16.6 Å². The number of nitrogens with zero attached hydrogens (tertiary/aromatic N) is 2. The number of rotatable bonds is 6. The van der Waals surface area contributed by atoms with Gasteiger partial charge >= 0.3 is 0 Å². The molecule has 0 atom stereocenters. The fourth-order valence-corrected chi connectivity index (χ4v) is 4.73. The zero-order valence-corrected chi connectivity index (χ0v) is 18.7. The Bertz CT molecular complexity index is 1190. The Kier molecular flexibility index (Phi) is 6.30. The molecule has 0 radical (unpaired) electrons. The summed E-state index contributed by atoms with van der Waals surface area (Å²) in [4.78, 5) is 8.62. The van der Waals surface area contributed by atoms with Crippen LogP contribution in [0.3, 0.4) is 0 Å². The summed E-state index contributed by atoms with van der Waals surface area (Å²) < 4.78 is 28.4. The fourth-order valence-electron chi connectivity index (χ4n) is 3.08. The number of hydrogen-bond donors (Lipinski definition) is 4. The zero-order chi connectivity index (χ0) is 22.8. The third-order valence-electron chi connectivity index (χ3n) is 4.45. The van der Waals surface area contributed by atoms with Gasteiger partial charge in [-0.05, 0) is 45.9 Å². The molecule has 3 aromatic rings. The van der Waals surface area contributed by atoms with Crippen LogP contribution in [0.4, 0.5) is 11.5 Å². The largest absolute Gasteiger partial charge is 0.506 e. The van der Waals surface area contributed by atoms with Gasteiger partial charge in [-0.15, -0.1) is 0 Å². The Morgan fingerprint density at radius 3 is 2.35 bits per heavy atom. The summed E-state index contributed by atoms with van der Waals surface area (Å²) in [5.41, 5.74) is 1.72. The minimum Gasteiger partial charge on any atom is -0.506 e. The number of aryl methyl sites for hydroxylation is 1. The predicted octanol–water partition coefficient (Wildman–Crippen LogP) is 3.47. The van der Waals surface area contributed by atoms with Crippen molar-refractivity contribution in [2.24, 2.45) is 0 Å². The maximum atomic E-state index is 12.9. The van der Waals surface area contributed by atoms with Crippen LogP contribution in [0.5, 0.6) is 5.75 Å². The van der Waals surface area contributed by atoms with E-state index in [9.17, 15) is 18.6 Å². The summed E-state index contributed by atoms with van der Waals surface area (Å²) in [6.07, 6.45) is 3.07. The lowest BCUT2D eigenvalue weighted by atomic mass is 10.1. The van der Waals surface area contributed by atoms with Crippen LogP contribution in [0.15, 0.2) is 53.7 Å². The van der Waals surface area contributed by atoms with E-state index in [-0.39, 0.29) is 17.3 Å². The van der Waals surface area contributed by atoms with Gasteiger partial charge in [0.15, 0.2) is 0 Å². The van der Waals surface area contributed by atoms with E-state index in [0.717, 1.165) is 0 Å². The number of aliphatic hydroxyl groups excluding tert-OH is 1. The summed E-state index contributed by atoms with van der Waals surface area (Å²) in [6, 6.07) is 10.2. The van der Waals surface area contributed by atoms with Crippen molar-refractivity contribution < 1.29 is 18.6 Å². The Balaban J connectivity index is 1.93. The van der Waals surface area contributed by atoms with Crippen molar-refractivity contribution in [1.82, 2.24) is 14.7 Å². The van der Waals surface area contributed by atoms with Gasteiger partial charge < -0.3 is 15.5 Å². The molecular weight excluding hydrogens is 416 g/mol. The molecule has 0 aliphatic rings. The van der Waals surface area contributed by atoms with Gasteiger partial charge in [0.2, 0.25) is 10.0 Å². The van der Waals surface area contributed by atoms with Gasteiger partial charge in [-0.2, -0.15) is 0 Å². The molecule has 4 N–H and O–H groups in total. The van der Waals surface area contributed by atoms with E-state index in [4.69, 9.17) is 0 Å². The van der Waals surface area contributed by atoms with Gasteiger partial charge in [-0.3, -0.25) is 4.98 Å². The number of anilines is 2. The van der Waals surface area contributed by atoms with Crippen LogP contribution >= 0.6 is 0 Å². The molecular formula is C22H26N4O4S. The molecule has 2 aromatic heterocycles. The Labute approximate surface area is 182 Å². The van der Waals surface area contributed by atoms with Gasteiger partial charge in [0.1, 0.15) is 11.6 Å². The summed E-state index contributed by atoms with van der Waals surface area (Å²) in [5, 5.41) is 22.7. The van der Waals surface area contributed by atoms with Crippen molar-refractivity contribution in [2.75, 3.05) is 5.32 Å². The molecule has 9 heteroatoms. The van der Waals surface area contributed by atoms with E-state index in [0.29, 0.717) is 33.9 Å². The van der Waals surface area contributed by atoms with Crippen LogP contribution in [0.1, 0.15) is 32.0 Å². The molecule has 0 amide bonds. The quantitative estimate of drug-likeness (QED) is 0.461. The molecule has 0 spiro atoms. The Hall–Kier alpha value is -3.01. The van der Waals surface area contributed by atoms with E-state index in [2.05, 4.69) is 20.0 Å². The number of sulfonamides is 1. The molecule has 1 aromatic carbocycles. The number of nitrogens with one attached hydrogen (secondary N) is 2. The molecule has 0 bridgehead atoms. The highest BCUT2D eigenvalue weighted by molar-refractivity contribution is 7.89. The normalized spacial score (nSPS) is 12.0. The second kappa shape index (κ2) is 8.62. The minimum atomic E-state index is -3.73. The SMILES string of the molecule is Cc1ncc(Nc2ccc(-c3ccccc3S(=O)(=O)NC(C)(C)C)cn2)c(CO)c1O. The number of benzene rings is 1. The maximum absolute atomic E-state index is 12.9. The van der Waals surface area contributed by atoms with Crippen molar-refractivity contribution in [3.05, 3.63) is 60.0 Å². The van der Waals surface area contributed by atoms with E-state index in [1.807, 2.05) is 0 Å². The lowest BCUT2D eigenvalue weighted by Crippen LogP contribution is -2.40. The van der Waals surface area contributed by atoms with Gasteiger partial charge in [0, 0.05) is 28.4 Å². The molecule has 3 rings (SSSR count). The first kappa shape index (κ1) is 22.7. The molecule has 0 saturated heterocycles. The smallest absolute Gasteiger partial charge is 0.241 e. The summed E-state index contributed by atoms with van der Waals surface area (Å²) in [5.74, 6) is 0.381. The van der Waals surface area contributed by atoms with Gasteiger partial charge in [-0.25, -0.2) is 18.1 Å². The molecule has 0 unspecified atom stereocenters. The molecule has 0 aliphatic heterocycles. The van der Waals surface area contributed by atoms with Gasteiger partial charge in [0.05, 0.1) is 29.1 Å². The highest BCUT2D eigenvalue weighted by atomic mass is 32.2. The fraction of sp³-hybridized carbons (Fsp3) is 0.273. The first-order chi connectivity index (χ1) is 14.5. The summed E-state index contributed by atoms with van der Waals surface area (Å²) in [7, 11) is -3.73. The molecule has 31 heavy (non-hydrogen) atoms. The van der Waals surface area contributed by atoms with E-state index in [1.54, 1.807) is 70.3 Å². The molecule has 0 fully saturated rings. The number of pyridine rings is 2. The average molecular weight is 443 g/mol. The summed E-state index contributed by atoms with van der Waals surface area (Å²) in [6.45, 7) is 6.64. The lowest BCUT2D eigenvalue weighted by molar-refractivity contribution is 0.275. The molecule has 0 saturated carbocycles. The zero-order valence-electron chi connectivity index (χ0n) is 17.8. The van der Waals surface area contributed by atoms with Crippen LogP contribution in [0.2, 0.25) is 0 Å². The van der Waals surface area contributed by atoms with Crippen LogP contribution < -0.4 is 10.0 Å². The predicted molar refractivity (Wildman–Crippen MR) is 120 cm³/mol. The highest BCUT2D eigenvalue weighted by Crippen LogP contribution is 2.31. The van der Waals surface area contributed by atoms with E-state index < -0.39 is 15.6 Å². The second-order valence-corrected chi connectivity index (χ2v) is 9.80. The van der Waals surface area contributed by atoms with Crippen molar-refractivity contribution in [2.45, 2.75) is 44.7 Å². The Morgan fingerprint density at radius 1 is 1.03 bits per heavy atom. The number of aromatic hydroxyl groups is 1. The summed E-state index contributed by atoms with van der Waals surface area (Å²) >= 11 is 0. The first-order valence-corrected chi connectivity index (χ1v) is 11.1. The number of hydrogen-bond acceptors (Lipinski definition) is 7. The molecule has 164 valence electrons. The second-order valence-electron chi connectivity index (χ2n) is 8.15. The minimum absolute atomic E-state index is 0.0744. The average Bonchev–Trinajstić information content (AvgIpc) is 2.70. The molecule has 0 aliphatic carbocycles. The van der Waals surface area contributed by atoms with Crippen LogP contribution in [0, 0.1) is 6.92 Å². The molecule has 8 nitrogen and oxygen atoms in total. The number of aliphatic hydroxyl groups is 1. The van der Waals surface area contributed by atoms with Crippen LogP contribution in [0.25, 0.3) is 11.1 Å². The third kappa shape index (κ3) is 5.19. The van der Waals surface area contributed by atoms with E-state index >= 15 is 0 Å². The first-order valence-electron chi connectivity index (χ1n) is 9.66. The van der Waals surface area contributed by atoms with Crippen molar-refractivity contribution in [3.8, 4) is 16.9 Å². The highest BCUT2D eigenvalue weighted by Gasteiger charge is 2.24. The van der Waals surface area contributed by atoms with Crippen molar-refractivity contribution in [1.29, 1.82) is 0 Å². The lowest BCUT2D eigenvalue weighted by Gasteiger charge is -2.21. The van der Waals surface area contributed by atoms with E-state index in [1.165, 1.54) is 6.20 Å². The maximum Gasteiger partial charge on any atom is 0.241 e. The number of aromatic nitrogens is 2. The van der Waals surface area contributed by atoms with Gasteiger partial charge in [-0.1, -0.05) is 18.2 Å². The van der Waals surface area contributed by atoms with Crippen LogP contribution in [-0.4, -0.2) is 34.1 Å². The standard InChI is InChI=1S/C22H26N4O4S/c1-14-21(28)17(13-27)18(12-23-14)25-20-10-9-15(11-24-20)16-7-5-6-8-19(16)31(29,30)26-22(2,3)4/h5-12,26-28H,13H2,1-4H3,(H,24,25). The Morgan fingerprint density at radius 2 is 1.74 bits per heavy atom. The van der Waals surface area contributed by atoms with Crippen molar-refractivity contribution >= 4 is 21.5 Å². The molecule has 2 heterocycles. The van der Waals surface area contributed by atoms with Crippen molar-refractivity contribution in [3.63, 3.8) is 0 Å².